The van der Waals surface area contributed by atoms with E-state index < -0.39 is 0 Å². The average molecular weight is 286 g/mol. The summed E-state index contributed by atoms with van der Waals surface area (Å²) in [6.07, 6.45) is 21.4. The molecule has 1 heteroatoms. The van der Waals surface area contributed by atoms with Gasteiger partial charge in [0.05, 0.1) is 0 Å². The van der Waals surface area contributed by atoms with Crippen molar-refractivity contribution in [3.05, 3.63) is 12.2 Å². The third kappa shape index (κ3) is 3.59. The predicted octanol–water partition coefficient (Wildman–Crippen LogP) is 6.75. The minimum atomic E-state index is 0.912. The average Bonchev–Trinajstić information content (AvgIpc) is 2.52. The van der Waals surface area contributed by atoms with Crippen LogP contribution in [0.5, 0.6) is 0 Å². The lowest BCUT2D eigenvalue weighted by Crippen LogP contribution is -2.40. The fraction of sp³-hybridized carbons (Fsp3) is 0.900. The summed E-state index contributed by atoms with van der Waals surface area (Å²) >= 11 is 0. The van der Waals surface area contributed by atoms with Crippen LogP contribution in [0.4, 0.5) is 0 Å². The predicted molar refractivity (Wildman–Crippen MR) is 95.3 cm³/mol. The molecule has 0 aliphatic heterocycles. The Labute approximate surface area is 133 Å². The lowest BCUT2D eigenvalue weighted by Gasteiger charge is -2.45. The lowest BCUT2D eigenvalue weighted by atomic mass is 9.22. The highest BCUT2D eigenvalue weighted by molar-refractivity contribution is 6.64. The zero-order valence-electron chi connectivity index (χ0n) is 14.4. The second kappa shape index (κ2) is 7.38. The Morgan fingerprint density at radius 2 is 1.29 bits per heavy atom. The molecule has 1 unspecified atom stereocenters. The van der Waals surface area contributed by atoms with Gasteiger partial charge in [-0.3, -0.25) is 0 Å². The van der Waals surface area contributed by atoms with Crippen molar-refractivity contribution in [3.8, 4) is 0 Å². The van der Waals surface area contributed by atoms with E-state index in [0.29, 0.717) is 0 Å². The Balaban J connectivity index is 1.82. The standard InChI is InChI=1S/C20H35B/c1-16-10-6-8-14-19(16)21(18-12-4-3-5-13-18)20-15-9-7-11-17(20)2/h4,12,16-20H,3,5-11,13-15H2,1-2H3/t16-,17-,18?,19-,20-/m0/s1. The minimum Gasteiger partial charge on any atom is -0.0926 e. The third-order valence-corrected chi connectivity index (χ3v) is 7.13. The highest BCUT2D eigenvalue weighted by Crippen LogP contribution is 2.51. The summed E-state index contributed by atoms with van der Waals surface area (Å²) in [4.78, 5) is 0. The molecule has 0 spiro atoms. The quantitative estimate of drug-likeness (QED) is 0.397. The highest BCUT2D eigenvalue weighted by atomic mass is 14.3. The first-order chi connectivity index (χ1) is 10.3. The summed E-state index contributed by atoms with van der Waals surface area (Å²) in [5.74, 6) is 4.92. The molecule has 3 aliphatic carbocycles. The van der Waals surface area contributed by atoms with Gasteiger partial charge in [-0.25, -0.2) is 0 Å². The van der Waals surface area contributed by atoms with Crippen LogP contribution in [0, 0.1) is 11.8 Å². The molecule has 0 aromatic carbocycles. The summed E-state index contributed by atoms with van der Waals surface area (Å²) in [5, 5.41) is 0. The molecule has 0 aromatic rings. The number of hydrogen-bond acceptors (Lipinski definition) is 0. The van der Waals surface area contributed by atoms with Crippen LogP contribution in [0.25, 0.3) is 0 Å². The van der Waals surface area contributed by atoms with Crippen molar-refractivity contribution >= 4 is 6.71 Å². The maximum Gasteiger partial charge on any atom is 0.154 e. The molecule has 0 saturated heterocycles. The Kier molecular flexibility index (Phi) is 5.51. The molecule has 0 aromatic heterocycles. The van der Waals surface area contributed by atoms with Crippen LogP contribution in [0.3, 0.4) is 0 Å². The van der Waals surface area contributed by atoms with Gasteiger partial charge >= 0.3 is 0 Å². The Morgan fingerprint density at radius 3 is 1.76 bits per heavy atom. The van der Waals surface area contributed by atoms with Gasteiger partial charge in [0.2, 0.25) is 0 Å². The van der Waals surface area contributed by atoms with E-state index in [1.54, 1.807) is 0 Å². The first-order valence-corrected chi connectivity index (χ1v) is 9.94. The van der Waals surface area contributed by atoms with Gasteiger partial charge < -0.3 is 0 Å². The number of allylic oxidation sites excluding steroid dienone is 2. The molecule has 118 valence electrons. The van der Waals surface area contributed by atoms with Crippen LogP contribution < -0.4 is 0 Å². The van der Waals surface area contributed by atoms with Crippen molar-refractivity contribution < 1.29 is 0 Å². The van der Waals surface area contributed by atoms with Crippen molar-refractivity contribution in [3.63, 3.8) is 0 Å². The second-order valence-corrected chi connectivity index (χ2v) is 8.45. The van der Waals surface area contributed by atoms with Gasteiger partial charge in [-0.1, -0.05) is 95.4 Å². The van der Waals surface area contributed by atoms with Gasteiger partial charge in [0.15, 0.2) is 6.71 Å². The van der Waals surface area contributed by atoms with Crippen LogP contribution in [0.2, 0.25) is 17.5 Å². The van der Waals surface area contributed by atoms with Crippen molar-refractivity contribution in [2.24, 2.45) is 11.8 Å². The maximum atomic E-state index is 2.64. The van der Waals surface area contributed by atoms with Crippen molar-refractivity contribution in [1.29, 1.82) is 0 Å². The van der Waals surface area contributed by atoms with Crippen LogP contribution in [0.1, 0.15) is 84.5 Å². The molecule has 0 nitrogen and oxygen atoms in total. The maximum absolute atomic E-state index is 2.64. The van der Waals surface area contributed by atoms with Crippen LogP contribution in [0.15, 0.2) is 12.2 Å². The molecular formula is C20H35B. The summed E-state index contributed by atoms with van der Waals surface area (Å²) < 4.78 is 0. The van der Waals surface area contributed by atoms with E-state index in [-0.39, 0.29) is 0 Å². The normalized spacial score (nSPS) is 41.0. The molecule has 21 heavy (non-hydrogen) atoms. The molecule has 0 bridgehead atoms. The highest BCUT2D eigenvalue weighted by Gasteiger charge is 2.43. The van der Waals surface area contributed by atoms with Crippen molar-refractivity contribution in [2.45, 2.75) is 102 Å². The fourth-order valence-electron chi connectivity index (χ4n) is 5.95. The lowest BCUT2D eigenvalue weighted by molar-refractivity contribution is 0.342. The van der Waals surface area contributed by atoms with E-state index in [1.165, 1.54) is 70.6 Å². The molecule has 2 fully saturated rings. The van der Waals surface area contributed by atoms with Crippen molar-refractivity contribution in [2.75, 3.05) is 0 Å². The summed E-state index contributed by atoms with van der Waals surface area (Å²) in [5.41, 5.74) is 0. The van der Waals surface area contributed by atoms with Gasteiger partial charge in [0.1, 0.15) is 0 Å². The first kappa shape index (κ1) is 15.7. The Hall–Kier alpha value is -0.195. The van der Waals surface area contributed by atoms with Crippen molar-refractivity contribution in [1.82, 2.24) is 0 Å². The van der Waals surface area contributed by atoms with E-state index in [2.05, 4.69) is 26.0 Å². The largest absolute Gasteiger partial charge is 0.154 e. The molecule has 0 heterocycles. The van der Waals surface area contributed by atoms with Gasteiger partial charge in [-0.15, -0.1) is 0 Å². The molecule has 0 amide bonds. The third-order valence-electron chi connectivity index (χ3n) is 7.13. The van der Waals surface area contributed by atoms with E-state index in [9.17, 15) is 0 Å². The molecular weight excluding hydrogens is 251 g/mol. The molecule has 0 N–H and O–H groups in total. The van der Waals surface area contributed by atoms with E-state index in [1.807, 2.05) is 0 Å². The first-order valence-electron chi connectivity index (χ1n) is 9.94. The Bertz CT molecular complexity index is 326. The van der Waals surface area contributed by atoms with Crippen LogP contribution >= 0.6 is 0 Å². The van der Waals surface area contributed by atoms with Crippen LogP contribution in [-0.2, 0) is 0 Å². The van der Waals surface area contributed by atoms with E-state index >= 15 is 0 Å². The molecule has 3 rings (SSSR count). The van der Waals surface area contributed by atoms with Crippen LogP contribution in [-0.4, -0.2) is 6.71 Å². The summed E-state index contributed by atoms with van der Waals surface area (Å²) in [6.45, 7) is 6.14. The zero-order chi connectivity index (χ0) is 14.7. The Morgan fingerprint density at radius 1 is 0.714 bits per heavy atom. The number of hydrogen-bond donors (Lipinski definition) is 0. The van der Waals surface area contributed by atoms with Gasteiger partial charge in [-0.05, 0) is 30.5 Å². The van der Waals surface area contributed by atoms with Gasteiger partial charge in [0.25, 0.3) is 0 Å². The molecule has 2 saturated carbocycles. The zero-order valence-corrected chi connectivity index (χ0v) is 14.4. The van der Waals surface area contributed by atoms with E-state index in [0.717, 1.165) is 36.0 Å². The van der Waals surface area contributed by atoms with E-state index in [4.69, 9.17) is 0 Å². The van der Waals surface area contributed by atoms with Gasteiger partial charge in [0, 0.05) is 0 Å². The molecule has 3 aliphatic rings. The topological polar surface area (TPSA) is 0 Å². The monoisotopic (exact) mass is 286 g/mol. The molecule has 5 atom stereocenters. The second-order valence-electron chi connectivity index (χ2n) is 8.45. The minimum absolute atomic E-state index is 0.912. The van der Waals surface area contributed by atoms with Gasteiger partial charge in [-0.2, -0.15) is 0 Å². The fourth-order valence-corrected chi connectivity index (χ4v) is 5.95. The summed E-state index contributed by atoms with van der Waals surface area (Å²) in [7, 11) is 0. The SMILES string of the molecule is C[C@H]1CCCC[C@@H]1B(C1C=CCCC1)[C@H]1CCCC[C@@H]1C. The molecule has 0 radical (unpaired) electrons. The number of rotatable bonds is 3. The summed E-state index contributed by atoms with van der Waals surface area (Å²) in [6, 6.07) is 0. The smallest absolute Gasteiger partial charge is 0.0926 e.